The van der Waals surface area contributed by atoms with Gasteiger partial charge in [-0.05, 0) is 29.8 Å². The number of hydrogen-bond donors (Lipinski definition) is 2. The van der Waals surface area contributed by atoms with Gasteiger partial charge in [-0.25, -0.2) is 4.39 Å². The molecular weight excluding hydrogens is 337 g/mol. The Kier molecular flexibility index (Phi) is 6.66. The third kappa shape index (κ3) is 4.78. The first kappa shape index (κ1) is 19.4. The molecule has 0 saturated carbocycles. The lowest BCUT2D eigenvalue weighted by Crippen LogP contribution is -2.38. The SMILES string of the molecule is CN=C(NCc1ccc(O)c(F)c1)N(C)Cc1ccc(OC)cc1OC. The van der Waals surface area contributed by atoms with Gasteiger partial charge in [-0.2, -0.15) is 0 Å². The van der Waals surface area contributed by atoms with E-state index in [2.05, 4.69) is 10.3 Å². The van der Waals surface area contributed by atoms with Crippen molar-refractivity contribution in [1.29, 1.82) is 0 Å². The van der Waals surface area contributed by atoms with E-state index in [9.17, 15) is 9.50 Å². The Morgan fingerprint density at radius 1 is 1.19 bits per heavy atom. The van der Waals surface area contributed by atoms with Crippen LogP contribution in [0.25, 0.3) is 0 Å². The molecule has 0 aliphatic heterocycles. The highest BCUT2D eigenvalue weighted by Crippen LogP contribution is 2.25. The van der Waals surface area contributed by atoms with E-state index in [1.165, 1.54) is 12.1 Å². The molecule has 0 spiro atoms. The minimum Gasteiger partial charge on any atom is -0.505 e. The molecule has 0 heterocycles. The molecule has 0 aliphatic carbocycles. The second-order valence-electron chi connectivity index (χ2n) is 5.72. The first-order valence-electron chi connectivity index (χ1n) is 8.08. The Hall–Kier alpha value is -2.96. The average Bonchev–Trinajstić information content (AvgIpc) is 2.65. The largest absolute Gasteiger partial charge is 0.505 e. The maximum atomic E-state index is 13.4. The quantitative estimate of drug-likeness (QED) is 0.612. The summed E-state index contributed by atoms with van der Waals surface area (Å²) in [5.74, 6) is 1.10. The molecule has 6 nitrogen and oxygen atoms in total. The lowest BCUT2D eigenvalue weighted by atomic mass is 10.2. The van der Waals surface area contributed by atoms with E-state index >= 15 is 0 Å². The fourth-order valence-electron chi connectivity index (χ4n) is 2.54. The van der Waals surface area contributed by atoms with Crippen molar-refractivity contribution >= 4 is 5.96 Å². The molecule has 26 heavy (non-hydrogen) atoms. The van der Waals surface area contributed by atoms with Gasteiger partial charge in [0.05, 0.1) is 14.2 Å². The van der Waals surface area contributed by atoms with E-state index < -0.39 is 5.82 Å². The number of phenolic OH excluding ortho intramolecular Hbond substituents is 1. The summed E-state index contributed by atoms with van der Waals surface area (Å²) in [5, 5.41) is 12.4. The number of methoxy groups -OCH3 is 2. The topological polar surface area (TPSA) is 66.3 Å². The van der Waals surface area contributed by atoms with Gasteiger partial charge in [0.1, 0.15) is 11.5 Å². The number of aliphatic imine (C=N–C) groups is 1. The molecule has 0 saturated heterocycles. The van der Waals surface area contributed by atoms with E-state index in [4.69, 9.17) is 9.47 Å². The van der Waals surface area contributed by atoms with Crippen LogP contribution in [0.1, 0.15) is 11.1 Å². The summed E-state index contributed by atoms with van der Waals surface area (Å²) in [6, 6.07) is 9.94. The Bertz CT molecular complexity index is 781. The molecule has 2 aromatic carbocycles. The Labute approximate surface area is 152 Å². The van der Waals surface area contributed by atoms with Crippen molar-refractivity contribution in [1.82, 2.24) is 10.2 Å². The van der Waals surface area contributed by atoms with E-state index in [0.29, 0.717) is 24.6 Å². The Morgan fingerprint density at radius 3 is 2.58 bits per heavy atom. The van der Waals surface area contributed by atoms with Gasteiger partial charge in [0.15, 0.2) is 17.5 Å². The highest BCUT2D eigenvalue weighted by Gasteiger charge is 2.11. The zero-order valence-corrected chi connectivity index (χ0v) is 15.4. The number of guanidine groups is 1. The molecule has 140 valence electrons. The van der Waals surface area contributed by atoms with Gasteiger partial charge in [-0.3, -0.25) is 4.99 Å². The van der Waals surface area contributed by atoms with Crippen LogP contribution < -0.4 is 14.8 Å². The molecule has 0 atom stereocenters. The van der Waals surface area contributed by atoms with E-state index in [1.807, 2.05) is 30.1 Å². The number of nitrogens with one attached hydrogen (secondary N) is 1. The number of rotatable bonds is 6. The van der Waals surface area contributed by atoms with Gasteiger partial charge in [-0.15, -0.1) is 0 Å². The maximum absolute atomic E-state index is 13.4. The van der Waals surface area contributed by atoms with E-state index in [1.54, 1.807) is 27.3 Å². The van der Waals surface area contributed by atoms with Crippen molar-refractivity contribution in [2.75, 3.05) is 28.3 Å². The van der Waals surface area contributed by atoms with Crippen LogP contribution in [-0.2, 0) is 13.1 Å². The number of benzene rings is 2. The molecular formula is C19H24FN3O3. The van der Waals surface area contributed by atoms with Gasteiger partial charge in [0, 0.05) is 38.8 Å². The molecule has 7 heteroatoms. The predicted octanol–water partition coefficient (Wildman–Crippen LogP) is 2.76. The van der Waals surface area contributed by atoms with Crippen LogP contribution >= 0.6 is 0 Å². The summed E-state index contributed by atoms with van der Waals surface area (Å²) in [6.07, 6.45) is 0. The van der Waals surface area contributed by atoms with Crippen LogP contribution in [0.15, 0.2) is 41.4 Å². The molecule has 0 aromatic heterocycles. The third-order valence-electron chi connectivity index (χ3n) is 3.94. The third-order valence-corrected chi connectivity index (χ3v) is 3.94. The average molecular weight is 361 g/mol. The van der Waals surface area contributed by atoms with Gasteiger partial charge < -0.3 is 24.8 Å². The van der Waals surface area contributed by atoms with E-state index in [0.717, 1.165) is 17.1 Å². The predicted molar refractivity (Wildman–Crippen MR) is 99.3 cm³/mol. The first-order valence-corrected chi connectivity index (χ1v) is 8.08. The number of nitrogens with zero attached hydrogens (tertiary/aromatic N) is 2. The minimum atomic E-state index is -0.643. The lowest BCUT2D eigenvalue weighted by molar-refractivity contribution is 0.382. The van der Waals surface area contributed by atoms with Gasteiger partial charge in [-0.1, -0.05) is 6.07 Å². The smallest absolute Gasteiger partial charge is 0.193 e. The normalized spacial score (nSPS) is 11.2. The van der Waals surface area contributed by atoms with Crippen molar-refractivity contribution in [3.63, 3.8) is 0 Å². The second-order valence-corrected chi connectivity index (χ2v) is 5.72. The van der Waals surface area contributed by atoms with Crippen molar-refractivity contribution < 1.29 is 19.0 Å². The second kappa shape index (κ2) is 8.94. The van der Waals surface area contributed by atoms with E-state index in [-0.39, 0.29) is 5.75 Å². The van der Waals surface area contributed by atoms with Crippen LogP contribution in [0.3, 0.4) is 0 Å². The maximum Gasteiger partial charge on any atom is 0.193 e. The number of halogens is 1. The number of aromatic hydroxyl groups is 1. The summed E-state index contributed by atoms with van der Waals surface area (Å²) >= 11 is 0. The van der Waals surface area contributed by atoms with Crippen molar-refractivity contribution in [2.45, 2.75) is 13.1 Å². The summed E-state index contributed by atoms with van der Waals surface area (Å²) in [4.78, 5) is 6.18. The van der Waals surface area contributed by atoms with Crippen LogP contribution in [0.4, 0.5) is 4.39 Å². The number of hydrogen-bond acceptors (Lipinski definition) is 4. The molecule has 2 aromatic rings. The van der Waals surface area contributed by atoms with Crippen LogP contribution in [0, 0.1) is 5.82 Å². The fraction of sp³-hybridized carbons (Fsp3) is 0.316. The Balaban J connectivity index is 2.04. The monoisotopic (exact) mass is 361 g/mol. The molecule has 2 rings (SSSR count). The van der Waals surface area contributed by atoms with Gasteiger partial charge >= 0.3 is 0 Å². The Morgan fingerprint density at radius 2 is 1.96 bits per heavy atom. The lowest BCUT2D eigenvalue weighted by Gasteiger charge is -2.23. The zero-order valence-electron chi connectivity index (χ0n) is 15.4. The summed E-state index contributed by atoms with van der Waals surface area (Å²) in [6.45, 7) is 0.949. The van der Waals surface area contributed by atoms with Gasteiger partial charge in [0.2, 0.25) is 0 Å². The molecule has 0 aliphatic rings. The minimum absolute atomic E-state index is 0.359. The molecule has 0 amide bonds. The van der Waals surface area contributed by atoms with Crippen molar-refractivity contribution in [3.8, 4) is 17.2 Å². The zero-order chi connectivity index (χ0) is 19.1. The van der Waals surface area contributed by atoms with Crippen LogP contribution in [-0.4, -0.2) is 44.3 Å². The number of ether oxygens (including phenoxy) is 2. The molecule has 0 bridgehead atoms. The van der Waals surface area contributed by atoms with Crippen molar-refractivity contribution in [3.05, 3.63) is 53.3 Å². The summed E-state index contributed by atoms with van der Waals surface area (Å²) < 4.78 is 24.1. The molecule has 0 unspecified atom stereocenters. The number of phenols is 1. The fourth-order valence-corrected chi connectivity index (χ4v) is 2.54. The highest BCUT2D eigenvalue weighted by molar-refractivity contribution is 5.79. The molecule has 2 N–H and O–H groups in total. The van der Waals surface area contributed by atoms with Crippen LogP contribution in [0.5, 0.6) is 17.2 Å². The standard InChI is InChI=1S/C19H24FN3O3/c1-21-19(22-11-13-5-8-17(24)16(20)9-13)23(2)12-14-6-7-15(25-3)10-18(14)26-4/h5-10,24H,11-12H2,1-4H3,(H,21,22). The summed E-state index contributed by atoms with van der Waals surface area (Å²) in [5.41, 5.74) is 1.69. The highest BCUT2D eigenvalue weighted by atomic mass is 19.1. The molecule has 0 radical (unpaired) electrons. The van der Waals surface area contributed by atoms with Crippen LogP contribution in [0.2, 0.25) is 0 Å². The first-order chi connectivity index (χ1) is 12.5. The summed E-state index contributed by atoms with van der Waals surface area (Å²) in [7, 11) is 6.81. The molecule has 0 fully saturated rings. The van der Waals surface area contributed by atoms with Crippen molar-refractivity contribution in [2.24, 2.45) is 4.99 Å². The van der Waals surface area contributed by atoms with Gasteiger partial charge in [0.25, 0.3) is 0 Å².